The molecular weight excluding hydrogens is 1320 g/mol. The van der Waals surface area contributed by atoms with Gasteiger partial charge in [0.25, 0.3) is 0 Å². The van der Waals surface area contributed by atoms with Crippen LogP contribution in [0.3, 0.4) is 0 Å². The molecule has 0 unspecified atom stereocenters. The van der Waals surface area contributed by atoms with Gasteiger partial charge in [-0.1, -0.05) is 331 Å². The lowest BCUT2D eigenvalue weighted by Crippen LogP contribution is -2.64. The maximum Gasteiger partial charge on any atom is 0.249 e. The summed E-state index contributed by atoms with van der Waals surface area (Å²) in [6.45, 7) is 13.6. The Kier molecular flexibility index (Phi) is 16.1. The van der Waals surface area contributed by atoms with E-state index < -0.39 is 0 Å². The lowest BCUT2D eigenvalue weighted by molar-refractivity contribution is 0.590. The first-order valence-electron chi connectivity index (χ1n) is 36.9. The van der Waals surface area contributed by atoms with Gasteiger partial charge in [-0.3, -0.25) is 0 Å². The predicted molar refractivity (Wildman–Crippen MR) is 455 cm³/mol. The van der Waals surface area contributed by atoms with E-state index in [1.165, 1.54) is 80.3 Å². The molecule has 0 aromatic heterocycles. The minimum absolute atomic E-state index is 0.0374. The van der Waals surface area contributed by atoms with E-state index in [-0.39, 0.29) is 24.3 Å². The Labute approximate surface area is 632 Å². The molecule has 8 heteroatoms. The standard InChI is InChI=1S/C98H76B2N4S2/c1-97(2,3)70-53-47-68(48-54-70)79-40-28-41-80(69-49-55-71(56-50-69)98(4,5)6)96(79)104-87-64-91-84(63-83(87)100-82-43-24-27-46-90(82)105-92-61-76(59-89(104)95(92)100)101(72-33-16-9-17-34-72)73-35-18-10-19-36-73)99-81-42-23-26-45-86(81)103(74-37-20-11-21-38-74)88-60-77(62-93(106-91)94(88)99)102(75-57-51-66(52-58-75)65-29-12-7-13-30-65)85-44-25-22-39-78(85)67-31-14-8-15-32-67/h7-64H,1-6H3. The SMILES string of the molecule is CC(C)(C)c1ccc(-c2cccc(-c3ccc(C(C)(C)C)cc3)c2N2c3cc4c(cc3B3c5ccccc5Sc5cc(N(c6ccccc6)c6ccccc6)cc2c53)B2c3ccccc3N(c3ccccc3)c3cc(N(c5ccc(-c6ccccc6)cc5)c5ccccc5-c5ccccc5)cc(c32)S4)cc1. The second-order valence-electron chi connectivity index (χ2n) is 30.4. The quantitative estimate of drug-likeness (QED) is 0.112. The fraction of sp³-hybridized carbons (Fsp3) is 0.0816. The van der Waals surface area contributed by atoms with E-state index in [4.69, 9.17) is 0 Å². The summed E-state index contributed by atoms with van der Waals surface area (Å²) in [6, 6.07) is 132. The highest BCUT2D eigenvalue weighted by molar-refractivity contribution is 8.00. The van der Waals surface area contributed by atoms with E-state index in [9.17, 15) is 0 Å². The van der Waals surface area contributed by atoms with Crippen LogP contribution in [0.25, 0.3) is 44.5 Å². The number of anilines is 12. The summed E-state index contributed by atoms with van der Waals surface area (Å²) in [7, 11) is 0. The fourth-order valence-electron chi connectivity index (χ4n) is 16.8. The van der Waals surface area contributed by atoms with E-state index in [2.05, 4.69) is 413 Å². The van der Waals surface area contributed by atoms with Crippen molar-refractivity contribution in [2.75, 3.05) is 19.6 Å². The van der Waals surface area contributed by atoms with Gasteiger partial charge in [-0.2, -0.15) is 0 Å². The first-order chi connectivity index (χ1) is 51.9. The third-order valence-electron chi connectivity index (χ3n) is 21.9. The van der Waals surface area contributed by atoms with E-state index in [0.29, 0.717) is 0 Å². The van der Waals surface area contributed by atoms with Crippen LogP contribution in [0.4, 0.5) is 68.2 Å². The highest BCUT2D eigenvalue weighted by atomic mass is 32.2. The summed E-state index contributed by atoms with van der Waals surface area (Å²) >= 11 is 3.84. The maximum absolute atomic E-state index is 2.72. The Morgan fingerprint density at radius 1 is 0.264 bits per heavy atom. The van der Waals surface area contributed by atoms with Crippen molar-refractivity contribution in [1.82, 2.24) is 0 Å². The van der Waals surface area contributed by atoms with Crippen molar-refractivity contribution in [3.8, 4) is 44.5 Å². The molecule has 106 heavy (non-hydrogen) atoms. The van der Waals surface area contributed by atoms with E-state index in [1.807, 2.05) is 23.5 Å². The van der Waals surface area contributed by atoms with Gasteiger partial charge in [-0.05, 0) is 169 Å². The summed E-state index contributed by atoms with van der Waals surface area (Å²) in [5, 5.41) is 0. The van der Waals surface area contributed by atoms with E-state index in [1.54, 1.807) is 0 Å². The Balaban J connectivity index is 0.907. The molecule has 0 bridgehead atoms. The predicted octanol–water partition coefficient (Wildman–Crippen LogP) is 23.4. The Bertz CT molecular complexity index is 5750. The van der Waals surface area contributed by atoms with Crippen LogP contribution in [0.1, 0.15) is 52.7 Å². The smallest absolute Gasteiger partial charge is 0.249 e. The van der Waals surface area contributed by atoms with Crippen LogP contribution in [0.2, 0.25) is 0 Å². The van der Waals surface area contributed by atoms with Crippen molar-refractivity contribution in [2.24, 2.45) is 0 Å². The lowest BCUT2D eigenvalue weighted by atomic mass is 9.31. The van der Waals surface area contributed by atoms with Crippen LogP contribution < -0.4 is 52.4 Å². The fourth-order valence-corrected chi connectivity index (χ4v) is 19.2. The average molecular weight is 1400 g/mol. The zero-order chi connectivity index (χ0) is 71.4. The van der Waals surface area contributed by atoms with Crippen LogP contribution in [0.5, 0.6) is 0 Å². The third-order valence-corrected chi connectivity index (χ3v) is 24.1. The number of hydrogen-bond donors (Lipinski definition) is 0. The Hall–Kier alpha value is -11.7. The Morgan fingerprint density at radius 3 is 1.29 bits per heavy atom. The van der Waals surface area contributed by atoms with Gasteiger partial charge in [0, 0.05) is 93.1 Å². The number of fused-ring (bicyclic) bond motifs is 8. The summed E-state index contributed by atoms with van der Waals surface area (Å²) in [5.74, 6) is 0. The average Bonchev–Trinajstić information content (AvgIpc) is 0.690. The first kappa shape index (κ1) is 65.1. The van der Waals surface area contributed by atoms with Crippen molar-refractivity contribution in [3.05, 3.63) is 363 Å². The van der Waals surface area contributed by atoms with Crippen LogP contribution in [-0.2, 0) is 10.8 Å². The van der Waals surface area contributed by atoms with Gasteiger partial charge in [0.05, 0.1) is 11.4 Å². The first-order valence-corrected chi connectivity index (χ1v) is 38.6. The Morgan fingerprint density at radius 2 is 0.698 bits per heavy atom. The molecule has 0 amide bonds. The van der Waals surface area contributed by atoms with Gasteiger partial charge in [-0.15, -0.1) is 0 Å². The zero-order valence-corrected chi connectivity index (χ0v) is 61.9. The normalized spacial score (nSPS) is 13.0. The summed E-state index contributed by atoms with van der Waals surface area (Å²) in [4.78, 5) is 15.2. The van der Waals surface area contributed by atoms with E-state index in [0.717, 1.165) is 95.9 Å². The minimum Gasteiger partial charge on any atom is -0.311 e. The zero-order valence-electron chi connectivity index (χ0n) is 60.2. The molecule has 0 fully saturated rings. The molecule has 0 radical (unpaired) electrons. The van der Waals surface area contributed by atoms with Gasteiger partial charge in [0.15, 0.2) is 0 Å². The summed E-state index contributed by atoms with van der Waals surface area (Å²) < 4.78 is 0. The number of nitrogens with zero attached hydrogens (tertiary/aromatic N) is 4. The van der Waals surface area contributed by atoms with Crippen molar-refractivity contribution in [1.29, 1.82) is 0 Å². The van der Waals surface area contributed by atoms with E-state index >= 15 is 0 Å². The van der Waals surface area contributed by atoms with Gasteiger partial charge >= 0.3 is 0 Å². The van der Waals surface area contributed by atoms with Crippen LogP contribution in [0.15, 0.2) is 371 Å². The van der Waals surface area contributed by atoms with Crippen LogP contribution >= 0.6 is 23.5 Å². The minimum atomic E-state index is -0.132. The molecule has 0 saturated carbocycles. The number of benzene rings is 15. The van der Waals surface area contributed by atoms with Crippen molar-refractivity contribution in [2.45, 2.75) is 72.0 Å². The molecule has 4 nitrogen and oxygen atoms in total. The highest BCUT2D eigenvalue weighted by Gasteiger charge is 2.47. The summed E-state index contributed by atoms with van der Waals surface area (Å²) in [5.41, 5.74) is 33.1. The molecule has 15 aromatic carbocycles. The summed E-state index contributed by atoms with van der Waals surface area (Å²) in [6.07, 6.45) is 0. The van der Waals surface area contributed by atoms with Crippen LogP contribution in [0, 0.1) is 0 Å². The molecular formula is C98H76B2N4S2. The van der Waals surface area contributed by atoms with Gasteiger partial charge < -0.3 is 19.6 Å². The van der Waals surface area contributed by atoms with Crippen molar-refractivity contribution in [3.63, 3.8) is 0 Å². The van der Waals surface area contributed by atoms with Crippen molar-refractivity contribution < 1.29 is 0 Å². The topological polar surface area (TPSA) is 13.0 Å². The molecule has 19 rings (SSSR count). The molecule has 0 saturated heterocycles. The second-order valence-corrected chi connectivity index (χ2v) is 32.5. The molecule has 4 aliphatic rings. The molecule has 506 valence electrons. The lowest BCUT2D eigenvalue weighted by Gasteiger charge is -2.44. The van der Waals surface area contributed by atoms with Gasteiger partial charge in [0.2, 0.25) is 13.4 Å². The van der Waals surface area contributed by atoms with Gasteiger partial charge in [-0.25, -0.2) is 0 Å². The van der Waals surface area contributed by atoms with Gasteiger partial charge in [0.1, 0.15) is 0 Å². The highest BCUT2D eigenvalue weighted by Crippen LogP contribution is 2.54. The largest absolute Gasteiger partial charge is 0.311 e. The molecule has 0 spiro atoms. The third kappa shape index (κ3) is 11.3. The van der Waals surface area contributed by atoms with Crippen LogP contribution in [-0.4, -0.2) is 13.4 Å². The molecule has 4 aliphatic heterocycles. The van der Waals surface area contributed by atoms with Crippen molar-refractivity contribution >= 4 is 138 Å². The molecule has 0 atom stereocenters. The molecule has 4 heterocycles. The molecule has 15 aromatic rings. The number of hydrogen-bond acceptors (Lipinski definition) is 6. The molecule has 0 aliphatic carbocycles. The monoisotopic (exact) mass is 1390 g/mol. The molecule has 0 N–H and O–H groups in total. The second kappa shape index (κ2) is 26.2. The maximum atomic E-state index is 2.72. The number of rotatable bonds is 12. The number of para-hydroxylation sites is 6.